The number of benzene rings is 1. The van der Waals surface area contributed by atoms with Crippen molar-refractivity contribution in [2.24, 2.45) is 0 Å². The molecule has 0 bridgehead atoms. The molecule has 4 aromatic rings. The van der Waals surface area contributed by atoms with Crippen LogP contribution in [0.15, 0.2) is 53.3 Å². The molecular weight excluding hydrogens is 421 g/mol. The van der Waals surface area contributed by atoms with Crippen LogP contribution in [0.2, 0.25) is 0 Å². The average molecular weight is 432 g/mol. The molecule has 0 saturated heterocycles. The van der Waals surface area contributed by atoms with Crippen LogP contribution in [-0.4, -0.2) is 36.8 Å². The van der Waals surface area contributed by atoms with E-state index < -0.39 is 6.61 Å². The van der Waals surface area contributed by atoms with Gasteiger partial charge in [-0.3, -0.25) is 4.79 Å². The third-order valence-electron chi connectivity index (χ3n) is 3.82. The van der Waals surface area contributed by atoms with Crippen LogP contribution in [0.5, 0.6) is 5.88 Å². The van der Waals surface area contributed by atoms with Crippen molar-refractivity contribution >= 4 is 11.3 Å². The summed E-state index contributed by atoms with van der Waals surface area (Å²) in [6, 6.07) is 11.2. The Morgan fingerprint density at radius 3 is 2.40 bits per heavy atom. The fourth-order valence-electron chi connectivity index (χ4n) is 2.46. The number of alkyl halides is 2. The van der Waals surface area contributed by atoms with Crippen LogP contribution < -0.4 is 10.3 Å². The van der Waals surface area contributed by atoms with Crippen molar-refractivity contribution in [1.29, 1.82) is 0 Å². The Kier molecular flexibility index (Phi) is 5.48. The van der Waals surface area contributed by atoms with E-state index in [0.29, 0.717) is 21.3 Å². The Labute approximate surface area is 170 Å². The minimum atomic E-state index is -3.00. The van der Waals surface area contributed by atoms with Crippen molar-refractivity contribution in [3.05, 3.63) is 69.7 Å². The fourth-order valence-corrected chi connectivity index (χ4v) is 3.29. The van der Waals surface area contributed by atoms with Crippen molar-refractivity contribution in [3.63, 3.8) is 0 Å². The second-order valence-electron chi connectivity index (χ2n) is 5.86. The summed E-state index contributed by atoms with van der Waals surface area (Å²) in [6.07, 6.45) is 0. The molecule has 0 fully saturated rings. The molecule has 0 unspecified atom stereocenters. The highest BCUT2D eigenvalue weighted by Crippen LogP contribution is 2.24. The summed E-state index contributed by atoms with van der Waals surface area (Å²) in [6.45, 7) is -2.94. The lowest BCUT2D eigenvalue weighted by molar-refractivity contribution is -0.0534. The van der Waals surface area contributed by atoms with Gasteiger partial charge in [0, 0.05) is 17.7 Å². The third-order valence-corrected chi connectivity index (χ3v) is 4.78. The summed E-state index contributed by atoms with van der Waals surface area (Å²) in [5.74, 6) is -0.683. The van der Waals surface area contributed by atoms with E-state index >= 15 is 0 Å². The van der Waals surface area contributed by atoms with E-state index in [4.69, 9.17) is 0 Å². The van der Waals surface area contributed by atoms with Crippen LogP contribution in [0.25, 0.3) is 22.0 Å². The minimum Gasteiger partial charge on any atom is -0.415 e. The topological polar surface area (TPSA) is 95.7 Å². The number of hydrogen-bond donors (Lipinski definition) is 0. The molecule has 0 aliphatic heterocycles. The molecule has 1 aromatic carbocycles. The van der Waals surface area contributed by atoms with Gasteiger partial charge in [-0.05, 0) is 36.4 Å². The zero-order valence-corrected chi connectivity index (χ0v) is 15.8. The monoisotopic (exact) mass is 432 g/mol. The molecule has 4 rings (SSSR count). The number of nitrogens with zero attached hydrogens (tertiary/aromatic N) is 6. The summed E-state index contributed by atoms with van der Waals surface area (Å²) in [5.41, 5.74) is 0.919. The molecule has 0 aliphatic rings. The molecule has 12 heteroatoms. The molecule has 0 amide bonds. The molecular formula is C18H11F3N6O2S. The Morgan fingerprint density at radius 1 is 0.933 bits per heavy atom. The lowest BCUT2D eigenvalue weighted by Crippen LogP contribution is -2.23. The maximum atomic E-state index is 13.1. The van der Waals surface area contributed by atoms with Crippen LogP contribution in [-0.2, 0) is 6.54 Å². The molecule has 0 atom stereocenters. The molecule has 0 aliphatic carbocycles. The van der Waals surface area contributed by atoms with Crippen molar-refractivity contribution in [3.8, 4) is 27.8 Å². The molecule has 30 heavy (non-hydrogen) atoms. The van der Waals surface area contributed by atoms with Gasteiger partial charge in [0.15, 0.2) is 0 Å². The van der Waals surface area contributed by atoms with E-state index in [1.54, 1.807) is 12.1 Å². The predicted octanol–water partition coefficient (Wildman–Crippen LogP) is 3.01. The summed E-state index contributed by atoms with van der Waals surface area (Å²) >= 11 is 1.24. The van der Waals surface area contributed by atoms with Gasteiger partial charge in [0.1, 0.15) is 27.2 Å². The number of rotatable bonds is 6. The lowest BCUT2D eigenvalue weighted by Gasteiger charge is -2.05. The molecule has 0 saturated carbocycles. The first-order valence-electron chi connectivity index (χ1n) is 8.43. The Morgan fingerprint density at radius 2 is 1.70 bits per heavy atom. The molecule has 152 valence electrons. The van der Waals surface area contributed by atoms with E-state index in [-0.39, 0.29) is 29.5 Å². The Balaban J connectivity index is 1.55. The Bertz CT molecular complexity index is 1210. The van der Waals surface area contributed by atoms with Gasteiger partial charge < -0.3 is 4.74 Å². The van der Waals surface area contributed by atoms with E-state index in [1.165, 1.54) is 52.4 Å². The van der Waals surface area contributed by atoms with Gasteiger partial charge in [0.2, 0.25) is 5.88 Å². The maximum Gasteiger partial charge on any atom is 0.388 e. The Hall–Kier alpha value is -3.67. The highest BCUT2D eigenvalue weighted by Gasteiger charge is 2.12. The third kappa shape index (κ3) is 4.49. The van der Waals surface area contributed by atoms with Crippen LogP contribution in [0.4, 0.5) is 13.2 Å². The average Bonchev–Trinajstić information content (AvgIpc) is 3.19. The van der Waals surface area contributed by atoms with Gasteiger partial charge in [-0.25, -0.2) is 9.07 Å². The van der Waals surface area contributed by atoms with Gasteiger partial charge >= 0.3 is 6.61 Å². The van der Waals surface area contributed by atoms with Crippen LogP contribution in [0.1, 0.15) is 5.01 Å². The smallest absolute Gasteiger partial charge is 0.388 e. The SMILES string of the molecule is O=c1ccc(-c2ccc(OC(F)F)nn2)nn1Cc1nnc(-c2ccc(F)cc2)s1. The largest absolute Gasteiger partial charge is 0.415 e. The minimum absolute atomic E-state index is 0.0611. The maximum absolute atomic E-state index is 13.1. The van der Waals surface area contributed by atoms with Crippen molar-refractivity contribution in [2.45, 2.75) is 13.2 Å². The lowest BCUT2D eigenvalue weighted by atomic mass is 10.2. The normalized spacial score (nSPS) is 11.1. The van der Waals surface area contributed by atoms with Crippen molar-refractivity contribution in [2.75, 3.05) is 0 Å². The molecule has 0 spiro atoms. The van der Waals surface area contributed by atoms with Crippen molar-refractivity contribution in [1.82, 2.24) is 30.2 Å². The van der Waals surface area contributed by atoms with Crippen molar-refractivity contribution < 1.29 is 17.9 Å². The fraction of sp³-hybridized carbons (Fsp3) is 0.111. The van der Waals surface area contributed by atoms with Gasteiger partial charge in [0.25, 0.3) is 5.56 Å². The first-order valence-corrected chi connectivity index (χ1v) is 9.25. The zero-order valence-electron chi connectivity index (χ0n) is 14.9. The van der Waals surface area contributed by atoms with Gasteiger partial charge in [-0.15, -0.1) is 20.4 Å². The predicted molar refractivity (Wildman–Crippen MR) is 101 cm³/mol. The molecule has 3 heterocycles. The van der Waals surface area contributed by atoms with E-state index in [0.717, 1.165) is 0 Å². The number of hydrogen-bond acceptors (Lipinski definition) is 8. The molecule has 0 radical (unpaired) electrons. The first-order chi connectivity index (χ1) is 14.5. The summed E-state index contributed by atoms with van der Waals surface area (Å²) < 4.78 is 42.8. The van der Waals surface area contributed by atoms with Crippen LogP contribution >= 0.6 is 11.3 Å². The van der Waals surface area contributed by atoms with Crippen LogP contribution in [0.3, 0.4) is 0 Å². The van der Waals surface area contributed by atoms with E-state index in [9.17, 15) is 18.0 Å². The van der Waals surface area contributed by atoms with E-state index in [1.807, 2.05) is 0 Å². The number of halogens is 3. The molecule has 3 aromatic heterocycles. The highest BCUT2D eigenvalue weighted by atomic mass is 32.1. The number of ether oxygens (including phenoxy) is 1. The van der Waals surface area contributed by atoms with Gasteiger partial charge in [-0.2, -0.15) is 13.9 Å². The molecule has 8 nitrogen and oxygen atoms in total. The second-order valence-corrected chi connectivity index (χ2v) is 6.92. The van der Waals surface area contributed by atoms with Crippen LogP contribution in [0, 0.1) is 5.82 Å². The van der Waals surface area contributed by atoms with E-state index in [2.05, 4.69) is 30.2 Å². The second kappa shape index (κ2) is 8.37. The summed E-state index contributed by atoms with van der Waals surface area (Å²) in [7, 11) is 0. The quantitative estimate of drug-likeness (QED) is 0.462. The first kappa shape index (κ1) is 19.6. The summed E-state index contributed by atoms with van der Waals surface area (Å²) in [5, 5.41) is 20.8. The zero-order chi connectivity index (χ0) is 21.1. The highest BCUT2D eigenvalue weighted by molar-refractivity contribution is 7.14. The standard InChI is InChI=1S/C18H11F3N6O2S/c19-11-3-1-10(2-4-11)17-25-24-15(30-17)9-27-16(28)8-6-13(26-27)12-5-7-14(23-22-12)29-18(20)21/h1-8,18H,9H2. The number of aromatic nitrogens is 6. The molecule has 0 N–H and O–H groups in total. The van der Waals surface area contributed by atoms with Gasteiger partial charge in [-0.1, -0.05) is 11.3 Å². The van der Waals surface area contributed by atoms with Gasteiger partial charge in [0.05, 0.1) is 6.54 Å². The summed E-state index contributed by atoms with van der Waals surface area (Å²) in [4.78, 5) is 12.2.